The van der Waals surface area contributed by atoms with Gasteiger partial charge in [-0.15, -0.1) is 11.3 Å². The third-order valence-corrected chi connectivity index (χ3v) is 6.62. The summed E-state index contributed by atoms with van der Waals surface area (Å²) in [4.78, 5) is 8.49. The van der Waals surface area contributed by atoms with Crippen LogP contribution in [0.2, 0.25) is 0 Å². The Balaban J connectivity index is 1.64. The molecule has 0 spiro atoms. The molecule has 6 heteroatoms. The van der Waals surface area contributed by atoms with E-state index in [2.05, 4.69) is 85.3 Å². The van der Waals surface area contributed by atoms with Gasteiger partial charge in [-0.2, -0.15) is 0 Å². The van der Waals surface area contributed by atoms with Crippen LogP contribution in [0.15, 0.2) is 46.8 Å². The second-order valence-electron chi connectivity index (χ2n) is 8.20. The number of benzene rings is 1. The van der Waals surface area contributed by atoms with Gasteiger partial charge in [-0.1, -0.05) is 35.9 Å². The molecule has 1 aliphatic rings. The van der Waals surface area contributed by atoms with Gasteiger partial charge in [-0.3, -0.25) is 4.99 Å². The van der Waals surface area contributed by atoms with Gasteiger partial charge in [-0.25, -0.2) is 0 Å². The number of hydrogen-bond acceptors (Lipinski definition) is 4. The van der Waals surface area contributed by atoms with Crippen molar-refractivity contribution < 1.29 is 4.74 Å². The van der Waals surface area contributed by atoms with Gasteiger partial charge in [0.05, 0.1) is 18.7 Å². The molecule has 1 aromatic carbocycles. The highest BCUT2D eigenvalue weighted by Gasteiger charge is 2.27. The maximum absolute atomic E-state index is 6.18. The van der Waals surface area contributed by atoms with Gasteiger partial charge in [0.25, 0.3) is 0 Å². The fraction of sp³-hybridized carbons (Fsp3) is 0.542. The van der Waals surface area contributed by atoms with Gasteiger partial charge in [0.15, 0.2) is 5.96 Å². The lowest BCUT2D eigenvalue weighted by atomic mass is 9.89. The second-order valence-corrected chi connectivity index (χ2v) is 9.18. The van der Waals surface area contributed by atoms with Crippen molar-refractivity contribution in [3.63, 3.8) is 0 Å². The molecule has 30 heavy (non-hydrogen) atoms. The van der Waals surface area contributed by atoms with Crippen LogP contribution < -0.4 is 10.6 Å². The summed E-state index contributed by atoms with van der Waals surface area (Å²) in [5, 5.41) is 9.12. The summed E-state index contributed by atoms with van der Waals surface area (Å²) in [5.74, 6) is 1.32. The van der Waals surface area contributed by atoms with Gasteiger partial charge in [0.1, 0.15) is 0 Å². The minimum absolute atomic E-state index is 0.148. The molecule has 5 nitrogen and oxygen atoms in total. The molecular weight excluding hydrogens is 392 g/mol. The quantitative estimate of drug-likeness (QED) is 0.484. The molecule has 3 atom stereocenters. The summed E-state index contributed by atoms with van der Waals surface area (Å²) in [5.41, 5.74) is 2.56. The molecule has 0 saturated carbocycles. The minimum atomic E-state index is 0.148. The molecule has 0 radical (unpaired) electrons. The summed E-state index contributed by atoms with van der Waals surface area (Å²) in [6, 6.07) is 13.4. The van der Waals surface area contributed by atoms with Crippen LogP contribution >= 0.6 is 11.3 Å². The summed E-state index contributed by atoms with van der Waals surface area (Å²) in [6.45, 7) is 7.51. The Morgan fingerprint density at radius 2 is 2.03 bits per heavy atom. The summed E-state index contributed by atoms with van der Waals surface area (Å²) >= 11 is 1.79. The van der Waals surface area contributed by atoms with E-state index in [0.717, 1.165) is 38.6 Å². The van der Waals surface area contributed by atoms with Crippen molar-refractivity contribution in [3.8, 4) is 0 Å². The van der Waals surface area contributed by atoms with E-state index in [4.69, 9.17) is 9.73 Å². The number of aryl methyl sites for hydroxylation is 1. The maximum atomic E-state index is 6.18. The van der Waals surface area contributed by atoms with Crippen molar-refractivity contribution in [3.05, 3.63) is 57.8 Å². The molecule has 3 rings (SSSR count). The van der Waals surface area contributed by atoms with Crippen LogP contribution in [0.3, 0.4) is 0 Å². The summed E-state index contributed by atoms with van der Waals surface area (Å²) in [7, 11) is 4.23. The minimum Gasteiger partial charge on any atom is -0.373 e. The third kappa shape index (κ3) is 6.30. The predicted molar refractivity (Wildman–Crippen MR) is 127 cm³/mol. The third-order valence-electron chi connectivity index (χ3n) is 5.64. The van der Waals surface area contributed by atoms with Gasteiger partial charge < -0.3 is 20.3 Å². The van der Waals surface area contributed by atoms with Gasteiger partial charge in [0, 0.05) is 30.5 Å². The number of ether oxygens (including phenoxy) is 1. The molecule has 1 fully saturated rings. The fourth-order valence-electron chi connectivity index (χ4n) is 3.91. The average Bonchev–Trinajstić information content (AvgIpc) is 3.27. The van der Waals surface area contributed by atoms with Crippen molar-refractivity contribution in [2.24, 2.45) is 10.9 Å². The molecule has 0 aliphatic carbocycles. The summed E-state index contributed by atoms with van der Waals surface area (Å²) in [6.07, 6.45) is 2.43. The molecule has 3 unspecified atom stereocenters. The molecule has 2 N–H and O–H groups in total. The number of aliphatic imine (C=N–C) groups is 1. The lowest BCUT2D eigenvalue weighted by Crippen LogP contribution is -2.42. The number of hydrogen-bond donors (Lipinski definition) is 2. The zero-order valence-electron chi connectivity index (χ0n) is 18.7. The maximum Gasteiger partial charge on any atom is 0.191 e. The lowest BCUT2D eigenvalue weighted by molar-refractivity contribution is -0.0265. The highest BCUT2D eigenvalue weighted by molar-refractivity contribution is 7.10. The highest BCUT2D eigenvalue weighted by Crippen LogP contribution is 2.33. The van der Waals surface area contributed by atoms with E-state index in [1.54, 1.807) is 11.3 Å². The van der Waals surface area contributed by atoms with Gasteiger partial charge >= 0.3 is 0 Å². The van der Waals surface area contributed by atoms with Crippen LogP contribution in [-0.4, -0.2) is 51.2 Å². The Bertz CT molecular complexity index is 773. The number of guanidine groups is 1. The highest BCUT2D eigenvalue weighted by atomic mass is 32.1. The first-order chi connectivity index (χ1) is 14.6. The number of likely N-dealkylation sites (N-methyl/N-ethyl adjacent to an activating group) is 1. The van der Waals surface area contributed by atoms with Gasteiger partial charge in [0.2, 0.25) is 0 Å². The number of thiophene rings is 1. The lowest BCUT2D eigenvalue weighted by Gasteiger charge is -2.32. The normalized spacial score (nSPS) is 20.9. The number of rotatable bonds is 8. The van der Waals surface area contributed by atoms with E-state index in [0.29, 0.717) is 12.0 Å². The van der Waals surface area contributed by atoms with Crippen molar-refractivity contribution in [2.75, 3.05) is 40.3 Å². The van der Waals surface area contributed by atoms with E-state index in [-0.39, 0.29) is 6.10 Å². The van der Waals surface area contributed by atoms with E-state index in [9.17, 15) is 0 Å². The number of nitrogens with one attached hydrogen (secondary N) is 2. The molecule has 164 valence electrons. The Kier molecular flexibility index (Phi) is 8.73. The Hall–Kier alpha value is -1.89. The fourth-order valence-corrected chi connectivity index (χ4v) is 4.83. The smallest absolute Gasteiger partial charge is 0.191 e. The van der Waals surface area contributed by atoms with Crippen LogP contribution in [0.4, 0.5) is 0 Å². The first kappa shape index (κ1) is 22.8. The standard InChI is InChI=1S/C24H36N4OS/c1-5-25-24(27-17-21(28(3)4)22-9-7-15-30-22)26-16-20-8-6-14-29-23(20)19-12-10-18(2)11-13-19/h7,9-13,15,20-21,23H,5-6,8,14,16-17H2,1-4H3,(H2,25,26,27). The monoisotopic (exact) mass is 428 g/mol. The molecular formula is C24H36N4OS. The average molecular weight is 429 g/mol. The molecule has 2 heterocycles. The molecule has 1 saturated heterocycles. The van der Waals surface area contributed by atoms with Crippen LogP contribution in [0.1, 0.15) is 47.9 Å². The molecule has 0 amide bonds. The first-order valence-corrected chi connectivity index (χ1v) is 11.9. The van der Waals surface area contributed by atoms with E-state index in [1.807, 2.05) is 0 Å². The first-order valence-electron chi connectivity index (χ1n) is 11.0. The zero-order chi connectivity index (χ0) is 21.3. The van der Waals surface area contributed by atoms with E-state index < -0.39 is 0 Å². The molecule has 0 bridgehead atoms. The van der Waals surface area contributed by atoms with Crippen LogP contribution in [0.25, 0.3) is 0 Å². The Labute approximate surface area is 185 Å². The van der Waals surface area contributed by atoms with Gasteiger partial charge in [-0.05, 0) is 57.8 Å². The molecule has 1 aliphatic heterocycles. The number of nitrogens with zero attached hydrogens (tertiary/aromatic N) is 2. The Morgan fingerprint density at radius 3 is 2.70 bits per heavy atom. The van der Waals surface area contributed by atoms with Crippen LogP contribution in [-0.2, 0) is 4.74 Å². The predicted octanol–water partition coefficient (Wildman–Crippen LogP) is 4.38. The molecule has 1 aromatic heterocycles. The van der Waals surface area contributed by atoms with Crippen molar-refractivity contribution in [1.82, 2.24) is 15.5 Å². The topological polar surface area (TPSA) is 48.9 Å². The summed E-state index contributed by atoms with van der Waals surface area (Å²) < 4.78 is 6.18. The molecule has 2 aromatic rings. The Morgan fingerprint density at radius 1 is 1.23 bits per heavy atom. The SMILES string of the molecule is CCNC(=NCC(c1cccs1)N(C)C)NCC1CCCOC1c1ccc(C)cc1. The van der Waals surface area contributed by atoms with E-state index >= 15 is 0 Å². The van der Waals surface area contributed by atoms with Crippen molar-refractivity contribution >= 4 is 17.3 Å². The largest absolute Gasteiger partial charge is 0.373 e. The van der Waals surface area contributed by atoms with Crippen molar-refractivity contribution in [2.45, 2.75) is 38.8 Å². The van der Waals surface area contributed by atoms with E-state index in [1.165, 1.54) is 22.4 Å². The van der Waals surface area contributed by atoms with Crippen LogP contribution in [0, 0.1) is 12.8 Å². The van der Waals surface area contributed by atoms with Crippen LogP contribution in [0.5, 0.6) is 0 Å². The second kappa shape index (κ2) is 11.5. The van der Waals surface area contributed by atoms with Crippen molar-refractivity contribution in [1.29, 1.82) is 0 Å². The zero-order valence-corrected chi connectivity index (χ0v) is 19.5.